The van der Waals surface area contributed by atoms with Crippen LogP contribution in [0.1, 0.15) is 93.9 Å². The van der Waals surface area contributed by atoms with Crippen molar-refractivity contribution in [2.24, 2.45) is 17.3 Å². The molecule has 0 saturated heterocycles. The lowest BCUT2D eigenvalue weighted by Gasteiger charge is -2.27. The number of hydrogen-bond acceptors (Lipinski definition) is 1. The minimum atomic E-state index is 0.260. The van der Waals surface area contributed by atoms with Gasteiger partial charge in [-0.1, -0.05) is 53.9 Å². The van der Waals surface area contributed by atoms with Gasteiger partial charge in [-0.05, 0) is 63.8 Å². The second-order valence-electron chi connectivity index (χ2n) is 9.06. The maximum atomic E-state index is 3.60. The van der Waals surface area contributed by atoms with Crippen LogP contribution in [0.15, 0.2) is 0 Å². The SMILES string of the molecule is CC(C)CCCC(C)(C)CCC(C)CCNC(C)(C)C. The molecule has 0 aliphatic rings. The highest BCUT2D eigenvalue weighted by Gasteiger charge is 2.19. The first-order valence-corrected chi connectivity index (χ1v) is 8.77. The van der Waals surface area contributed by atoms with Crippen molar-refractivity contribution in [3.8, 4) is 0 Å². The fourth-order valence-electron chi connectivity index (χ4n) is 2.59. The molecular formula is C19H41N. The first-order chi connectivity index (χ1) is 9.02. The minimum absolute atomic E-state index is 0.260. The molecule has 0 rings (SSSR count). The van der Waals surface area contributed by atoms with Crippen molar-refractivity contribution in [2.45, 2.75) is 99.5 Å². The zero-order valence-corrected chi connectivity index (χ0v) is 15.6. The van der Waals surface area contributed by atoms with E-state index in [-0.39, 0.29) is 5.54 Å². The lowest BCUT2D eigenvalue weighted by atomic mass is 9.80. The molecular weight excluding hydrogens is 242 g/mol. The van der Waals surface area contributed by atoms with Gasteiger partial charge in [-0.2, -0.15) is 0 Å². The molecule has 1 N–H and O–H groups in total. The van der Waals surface area contributed by atoms with E-state index in [4.69, 9.17) is 0 Å². The van der Waals surface area contributed by atoms with E-state index in [9.17, 15) is 0 Å². The zero-order chi connectivity index (χ0) is 15.8. The van der Waals surface area contributed by atoms with Crippen molar-refractivity contribution in [2.75, 3.05) is 6.54 Å². The van der Waals surface area contributed by atoms with Gasteiger partial charge in [0.25, 0.3) is 0 Å². The Morgan fingerprint density at radius 1 is 0.800 bits per heavy atom. The Balaban J connectivity index is 3.77. The maximum absolute atomic E-state index is 3.60. The molecule has 20 heavy (non-hydrogen) atoms. The van der Waals surface area contributed by atoms with Gasteiger partial charge >= 0.3 is 0 Å². The van der Waals surface area contributed by atoms with E-state index in [0.717, 1.165) is 18.4 Å². The standard InChI is InChI=1S/C19H41N/c1-16(2)10-9-13-19(7,8)14-11-17(3)12-15-20-18(4,5)6/h16-17,20H,9-15H2,1-8H3. The van der Waals surface area contributed by atoms with E-state index in [2.05, 4.69) is 60.7 Å². The van der Waals surface area contributed by atoms with Gasteiger partial charge in [0.15, 0.2) is 0 Å². The Bertz CT molecular complexity index is 235. The molecule has 1 unspecified atom stereocenters. The Morgan fingerprint density at radius 3 is 1.90 bits per heavy atom. The van der Waals surface area contributed by atoms with Crippen molar-refractivity contribution < 1.29 is 0 Å². The quantitative estimate of drug-likeness (QED) is 0.516. The average Bonchev–Trinajstić information content (AvgIpc) is 2.24. The predicted molar refractivity (Wildman–Crippen MR) is 93.2 cm³/mol. The molecule has 0 aromatic carbocycles. The van der Waals surface area contributed by atoms with Gasteiger partial charge in [-0.3, -0.25) is 0 Å². The highest BCUT2D eigenvalue weighted by atomic mass is 14.9. The van der Waals surface area contributed by atoms with Crippen LogP contribution in [0.5, 0.6) is 0 Å². The topological polar surface area (TPSA) is 12.0 Å². The summed E-state index contributed by atoms with van der Waals surface area (Å²) in [5.74, 6) is 1.70. The van der Waals surface area contributed by atoms with Crippen molar-refractivity contribution in [1.82, 2.24) is 5.32 Å². The Hall–Kier alpha value is -0.0400. The largest absolute Gasteiger partial charge is 0.312 e. The Kier molecular flexibility index (Phi) is 9.06. The van der Waals surface area contributed by atoms with Crippen LogP contribution in [0.3, 0.4) is 0 Å². The second-order valence-corrected chi connectivity index (χ2v) is 9.06. The molecule has 0 saturated carbocycles. The van der Waals surface area contributed by atoms with E-state index in [1.54, 1.807) is 0 Å². The molecule has 0 amide bonds. The van der Waals surface area contributed by atoms with Crippen LogP contribution in [0, 0.1) is 17.3 Å². The zero-order valence-electron chi connectivity index (χ0n) is 15.6. The molecule has 0 aliphatic carbocycles. The van der Waals surface area contributed by atoms with Crippen LogP contribution in [0.25, 0.3) is 0 Å². The van der Waals surface area contributed by atoms with Gasteiger partial charge in [-0.15, -0.1) is 0 Å². The molecule has 1 nitrogen and oxygen atoms in total. The molecule has 0 heterocycles. The molecule has 122 valence electrons. The molecule has 0 spiro atoms. The summed E-state index contributed by atoms with van der Waals surface area (Å²) in [6, 6.07) is 0. The fourth-order valence-corrected chi connectivity index (χ4v) is 2.59. The van der Waals surface area contributed by atoms with E-state index >= 15 is 0 Å². The number of nitrogens with one attached hydrogen (secondary N) is 1. The monoisotopic (exact) mass is 283 g/mol. The highest BCUT2D eigenvalue weighted by Crippen LogP contribution is 2.31. The predicted octanol–water partition coefficient (Wildman–Crippen LogP) is 6.03. The molecule has 0 aliphatic heterocycles. The summed E-state index contributed by atoms with van der Waals surface area (Å²) in [4.78, 5) is 0. The normalized spacial score (nSPS) is 14.8. The van der Waals surface area contributed by atoms with E-state index < -0.39 is 0 Å². The number of rotatable bonds is 10. The smallest absolute Gasteiger partial charge is 0.00965 e. The summed E-state index contributed by atoms with van der Waals surface area (Å²) >= 11 is 0. The van der Waals surface area contributed by atoms with E-state index in [1.165, 1.54) is 38.5 Å². The van der Waals surface area contributed by atoms with Crippen LogP contribution < -0.4 is 5.32 Å². The fraction of sp³-hybridized carbons (Fsp3) is 1.00. The van der Waals surface area contributed by atoms with Gasteiger partial charge in [0.05, 0.1) is 0 Å². The van der Waals surface area contributed by atoms with Crippen LogP contribution >= 0.6 is 0 Å². The van der Waals surface area contributed by atoms with Crippen molar-refractivity contribution in [1.29, 1.82) is 0 Å². The van der Waals surface area contributed by atoms with Gasteiger partial charge in [-0.25, -0.2) is 0 Å². The third kappa shape index (κ3) is 13.0. The molecule has 0 fully saturated rings. The maximum Gasteiger partial charge on any atom is 0.00965 e. The van der Waals surface area contributed by atoms with Gasteiger partial charge in [0.1, 0.15) is 0 Å². The molecule has 0 bridgehead atoms. The Morgan fingerprint density at radius 2 is 1.40 bits per heavy atom. The van der Waals surface area contributed by atoms with Crippen LogP contribution in [-0.4, -0.2) is 12.1 Å². The molecule has 1 atom stereocenters. The summed E-state index contributed by atoms with van der Waals surface area (Å²) in [5, 5.41) is 3.60. The minimum Gasteiger partial charge on any atom is -0.312 e. The summed E-state index contributed by atoms with van der Waals surface area (Å²) in [6.45, 7) is 19.9. The summed E-state index contributed by atoms with van der Waals surface area (Å²) < 4.78 is 0. The molecule has 0 aromatic heterocycles. The van der Waals surface area contributed by atoms with Crippen LogP contribution in [0.2, 0.25) is 0 Å². The van der Waals surface area contributed by atoms with E-state index in [1.807, 2.05) is 0 Å². The van der Waals surface area contributed by atoms with E-state index in [0.29, 0.717) is 5.41 Å². The summed E-state index contributed by atoms with van der Waals surface area (Å²) in [5.41, 5.74) is 0.788. The van der Waals surface area contributed by atoms with Crippen LogP contribution in [-0.2, 0) is 0 Å². The molecule has 1 heteroatoms. The molecule has 0 aromatic rings. The lowest BCUT2D eigenvalue weighted by molar-refractivity contribution is 0.257. The van der Waals surface area contributed by atoms with Gasteiger partial charge < -0.3 is 5.32 Å². The molecule has 0 radical (unpaired) electrons. The van der Waals surface area contributed by atoms with Gasteiger partial charge in [0.2, 0.25) is 0 Å². The third-order valence-electron chi connectivity index (χ3n) is 4.24. The third-order valence-corrected chi connectivity index (χ3v) is 4.24. The second kappa shape index (κ2) is 9.07. The van der Waals surface area contributed by atoms with Crippen molar-refractivity contribution in [3.63, 3.8) is 0 Å². The van der Waals surface area contributed by atoms with Crippen LogP contribution in [0.4, 0.5) is 0 Å². The van der Waals surface area contributed by atoms with Gasteiger partial charge in [0, 0.05) is 5.54 Å². The summed E-state index contributed by atoms with van der Waals surface area (Å²) in [6.07, 6.45) is 8.22. The average molecular weight is 284 g/mol. The first-order valence-electron chi connectivity index (χ1n) is 8.77. The number of hydrogen-bond donors (Lipinski definition) is 1. The Labute approximate surface area is 129 Å². The van der Waals surface area contributed by atoms with Crippen molar-refractivity contribution >= 4 is 0 Å². The highest BCUT2D eigenvalue weighted by molar-refractivity contribution is 4.73. The summed E-state index contributed by atoms with van der Waals surface area (Å²) in [7, 11) is 0. The first kappa shape index (κ1) is 20.0. The lowest BCUT2D eigenvalue weighted by Crippen LogP contribution is -2.36. The van der Waals surface area contributed by atoms with Crippen molar-refractivity contribution in [3.05, 3.63) is 0 Å².